The number of hydrogen-bond acceptors (Lipinski definition) is 3. The Morgan fingerprint density at radius 3 is 2.94 bits per heavy atom. The molecule has 0 amide bonds. The molecule has 98 valence electrons. The van der Waals surface area contributed by atoms with Gasteiger partial charge < -0.3 is 9.84 Å². The minimum atomic E-state index is -0.676. The van der Waals surface area contributed by atoms with Gasteiger partial charge in [0.05, 0.1) is 5.60 Å². The SMILES string of the molecule is C=C1C(=O)OC2CC(C)C3=CCC(C)(O)C3CC12. The van der Waals surface area contributed by atoms with Crippen LogP contribution in [0.3, 0.4) is 0 Å². The van der Waals surface area contributed by atoms with Crippen LogP contribution in [0.25, 0.3) is 0 Å². The summed E-state index contributed by atoms with van der Waals surface area (Å²) in [6, 6.07) is 0. The average molecular weight is 248 g/mol. The molecule has 5 atom stereocenters. The topological polar surface area (TPSA) is 46.5 Å². The molecule has 1 aliphatic heterocycles. The zero-order valence-electron chi connectivity index (χ0n) is 11.0. The third-order valence-corrected chi connectivity index (χ3v) is 4.97. The Labute approximate surface area is 108 Å². The number of hydrogen-bond donors (Lipinski definition) is 1. The Kier molecular flexibility index (Phi) is 2.46. The normalized spacial score (nSPS) is 47.2. The Morgan fingerprint density at radius 2 is 2.22 bits per heavy atom. The van der Waals surface area contributed by atoms with Gasteiger partial charge in [0.15, 0.2) is 0 Å². The predicted octanol–water partition coefficient (Wildman–Crippen LogP) is 2.21. The van der Waals surface area contributed by atoms with Gasteiger partial charge in [0, 0.05) is 17.4 Å². The third-order valence-electron chi connectivity index (χ3n) is 4.97. The molecule has 1 saturated heterocycles. The van der Waals surface area contributed by atoms with Crippen molar-refractivity contribution in [2.45, 2.75) is 44.8 Å². The van der Waals surface area contributed by atoms with Crippen LogP contribution in [-0.2, 0) is 9.53 Å². The summed E-state index contributed by atoms with van der Waals surface area (Å²) in [6.07, 6.45) is 4.51. The first-order valence-corrected chi connectivity index (χ1v) is 6.72. The van der Waals surface area contributed by atoms with Crippen molar-refractivity contribution in [2.24, 2.45) is 17.8 Å². The molecule has 1 saturated carbocycles. The molecule has 3 nitrogen and oxygen atoms in total. The lowest BCUT2D eigenvalue weighted by atomic mass is 9.79. The van der Waals surface area contributed by atoms with Gasteiger partial charge in [0.2, 0.25) is 0 Å². The first-order chi connectivity index (χ1) is 8.40. The molecule has 0 aromatic heterocycles. The van der Waals surface area contributed by atoms with Gasteiger partial charge in [-0.15, -0.1) is 0 Å². The number of rotatable bonds is 0. The van der Waals surface area contributed by atoms with Gasteiger partial charge >= 0.3 is 5.97 Å². The van der Waals surface area contributed by atoms with Crippen LogP contribution >= 0.6 is 0 Å². The molecule has 3 rings (SSSR count). The first-order valence-electron chi connectivity index (χ1n) is 6.72. The highest BCUT2D eigenvalue weighted by atomic mass is 16.6. The number of fused-ring (bicyclic) bond motifs is 2. The number of carbonyl (C=O) groups is 1. The summed E-state index contributed by atoms with van der Waals surface area (Å²) in [5, 5.41) is 10.5. The van der Waals surface area contributed by atoms with Gasteiger partial charge in [-0.3, -0.25) is 0 Å². The lowest BCUT2D eigenvalue weighted by molar-refractivity contribution is -0.139. The highest BCUT2D eigenvalue weighted by Crippen LogP contribution is 2.50. The van der Waals surface area contributed by atoms with E-state index in [1.54, 1.807) is 0 Å². The van der Waals surface area contributed by atoms with Crippen LogP contribution in [-0.4, -0.2) is 22.8 Å². The summed E-state index contributed by atoms with van der Waals surface area (Å²) in [5.41, 5.74) is 1.26. The zero-order valence-corrected chi connectivity index (χ0v) is 11.0. The predicted molar refractivity (Wildman–Crippen MR) is 67.7 cm³/mol. The van der Waals surface area contributed by atoms with Crippen LogP contribution < -0.4 is 0 Å². The van der Waals surface area contributed by atoms with Crippen molar-refractivity contribution >= 4 is 5.97 Å². The van der Waals surface area contributed by atoms with Crippen molar-refractivity contribution in [1.29, 1.82) is 0 Å². The van der Waals surface area contributed by atoms with E-state index < -0.39 is 5.60 Å². The van der Waals surface area contributed by atoms with E-state index in [1.807, 2.05) is 6.92 Å². The highest BCUT2D eigenvalue weighted by molar-refractivity contribution is 5.90. The van der Waals surface area contributed by atoms with Gasteiger partial charge in [-0.25, -0.2) is 4.79 Å². The fourth-order valence-corrected chi connectivity index (χ4v) is 3.82. The van der Waals surface area contributed by atoms with Crippen molar-refractivity contribution in [3.05, 3.63) is 23.8 Å². The van der Waals surface area contributed by atoms with Gasteiger partial charge in [-0.05, 0) is 32.1 Å². The van der Waals surface area contributed by atoms with Crippen LogP contribution in [0.15, 0.2) is 23.8 Å². The van der Waals surface area contributed by atoms with E-state index in [1.165, 1.54) is 5.57 Å². The Hall–Kier alpha value is -1.09. The van der Waals surface area contributed by atoms with Crippen molar-refractivity contribution in [1.82, 2.24) is 0 Å². The molecule has 3 aliphatic rings. The first kappa shape index (κ1) is 12.0. The molecule has 3 heteroatoms. The lowest BCUT2D eigenvalue weighted by Gasteiger charge is -2.30. The van der Waals surface area contributed by atoms with Gasteiger partial charge in [-0.2, -0.15) is 0 Å². The molecular weight excluding hydrogens is 228 g/mol. The van der Waals surface area contributed by atoms with Crippen LogP contribution in [0, 0.1) is 17.8 Å². The Balaban J connectivity index is 1.95. The van der Waals surface area contributed by atoms with E-state index in [0.717, 1.165) is 19.3 Å². The molecule has 0 aromatic carbocycles. The zero-order chi connectivity index (χ0) is 13.1. The minimum absolute atomic E-state index is 0.0395. The molecule has 1 heterocycles. The van der Waals surface area contributed by atoms with Crippen LogP contribution in [0.5, 0.6) is 0 Å². The van der Waals surface area contributed by atoms with Crippen LogP contribution in [0.1, 0.15) is 33.1 Å². The third kappa shape index (κ3) is 1.57. The minimum Gasteiger partial charge on any atom is -0.458 e. The van der Waals surface area contributed by atoms with Crippen LogP contribution in [0.4, 0.5) is 0 Å². The standard InChI is InChI=1S/C15H20O3/c1-8-6-13-11(9(2)14(16)18-13)7-12-10(8)4-5-15(12,3)17/h4,8,11-13,17H,2,5-7H2,1,3H3. The second kappa shape index (κ2) is 3.70. The van der Waals surface area contributed by atoms with Crippen molar-refractivity contribution in [2.75, 3.05) is 0 Å². The Bertz CT molecular complexity index is 447. The smallest absolute Gasteiger partial charge is 0.334 e. The molecular formula is C15H20O3. The summed E-state index contributed by atoms with van der Waals surface area (Å²) >= 11 is 0. The van der Waals surface area contributed by atoms with E-state index in [0.29, 0.717) is 11.5 Å². The second-order valence-electron chi connectivity index (χ2n) is 6.27. The number of aliphatic hydroxyl groups is 1. The Morgan fingerprint density at radius 1 is 1.50 bits per heavy atom. The molecule has 2 fully saturated rings. The monoisotopic (exact) mass is 248 g/mol. The second-order valence-corrected chi connectivity index (χ2v) is 6.27. The molecule has 18 heavy (non-hydrogen) atoms. The van der Waals surface area contributed by atoms with E-state index in [4.69, 9.17) is 4.74 Å². The molecule has 5 unspecified atom stereocenters. The summed E-state index contributed by atoms with van der Waals surface area (Å²) in [7, 11) is 0. The van der Waals surface area contributed by atoms with Crippen molar-refractivity contribution in [3.63, 3.8) is 0 Å². The lowest BCUT2D eigenvalue weighted by Crippen LogP contribution is -2.33. The number of ether oxygens (including phenoxy) is 1. The van der Waals surface area contributed by atoms with Gasteiger partial charge in [0.25, 0.3) is 0 Å². The highest BCUT2D eigenvalue weighted by Gasteiger charge is 2.49. The molecule has 0 aromatic rings. The summed E-state index contributed by atoms with van der Waals surface area (Å²) < 4.78 is 5.41. The van der Waals surface area contributed by atoms with E-state index in [-0.39, 0.29) is 23.9 Å². The summed E-state index contributed by atoms with van der Waals surface area (Å²) in [6.45, 7) is 7.93. The maximum absolute atomic E-state index is 11.6. The molecule has 1 N–H and O–H groups in total. The quantitative estimate of drug-likeness (QED) is 0.406. The average Bonchev–Trinajstić information content (AvgIpc) is 2.65. The summed E-state index contributed by atoms with van der Waals surface area (Å²) in [4.78, 5) is 11.6. The van der Waals surface area contributed by atoms with Crippen molar-refractivity contribution < 1.29 is 14.6 Å². The maximum atomic E-state index is 11.6. The molecule has 0 radical (unpaired) electrons. The number of esters is 1. The van der Waals surface area contributed by atoms with Gasteiger partial charge in [-0.1, -0.05) is 25.2 Å². The van der Waals surface area contributed by atoms with Crippen LogP contribution in [0.2, 0.25) is 0 Å². The fraction of sp³-hybridized carbons (Fsp3) is 0.667. The van der Waals surface area contributed by atoms with E-state index in [9.17, 15) is 9.90 Å². The molecule has 2 aliphatic carbocycles. The van der Waals surface area contributed by atoms with E-state index >= 15 is 0 Å². The number of carbonyl (C=O) groups excluding carboxylic acids is 1. The maximum Gasteiger partial charge on any atom is 0.334 e. The molecule has 0 bridgehead atoms. The fourth-order valence-electron chi connectivity index (χ4n) is 3.82. The molecule has 0 spiro atoms. The largest absolute Gasteiger partial charge is 0.458 e. The van der Waals surface area contributed by atoms with Gasteiger partial charge in [0.1, 0.15) is 6.10 Å². The van der Waals surface area contributed by atoms with E-state index in [2.05, 4.69) is 19.6 Å². The summed E-state index contributed by atoms with van der Waals surface area (Å²) in [5.74, 6) is 0.356. The van der Waals surface area contributed by atoms with Crippen molar-refractivity contribution in [3.8, 4) is 0 Å².